The van der Waals surface area contributed by atoms with Crippen molar-refractivity contribution in [2.45, 2.75) is 69.2 Å². The second-order valence-corrected chi connectivity index (χ2v) is 13.8. The minimum Gasteiger partial charge on any atom is -0.385 e. The van der Waals surface area contributed by atoms with Crippen LogP contribution < -0.4 is 21.6 Å². The van der Waals surface area contributed by atoms with Gasteiger partial charge in [-0.15, -0.1) is 0 Å². The van der Waals surface area contributed by atoms with Crippen LogP contribution in [-0.2, 0) is 27.9 Å². The number of aryl methyl sites for hydroxylation is 2. The molecule has 3 atom stereocenters. The first-order valence-corrected chi connectivity index (χ1v) is 17.5. The molecule has 5 aromatic rings. The number of hydrogen-bond donors (Lipinski definition) is 3. The molecule has 6 heterocycles. The van der Waals surface area contributed by atoms with E-state index in [0.717, 1.165) is 29.5 Å². The zero-order chi connectivity index (χ0) is 36.3. The first-order valence-electron chi connectivity index (χ1n) is 17.5. The van der Waals surface area contributed by atoms with E-state index in [1.165, 1.54) is 19.8 Å². The van der Waals surface area contributed by atoms with Gasteiger partial charge in [0.1, 0.15) is 12.2 Å². The molecule has 4 aromatic heterocycles. The Bertz CT molecular complexity index is 2320. The number of likely N-dealkylation sites (tertiary alicyclic amines) is 1. The molecule has 1 aromatic carbocycles. The van der Waals surface area contributed by atoms with Crippen LogP contribution in [0.15, 0.2) is 47.7 Å². The third-order valence-electron chi connectivity index (χ3n) is 10.3. The normalized spacial score (nSPS) is 20.3. The number of fused-ring (bicyclic) bond motifs is 2. The molecule has 16 nitrogen and oxygen atoms in total. The molecule has 52 heavy (non-hydrogen) atoms. The molecule has 1 unspecified atom stereocenters. The van der Waals surface area contributed by atoms with E-state index in [9.17, 15) is 28.4 Å². The second-order valence-electron chi connectivity index (χ2n) is 13.8. The highest BCUT2D eigenvalue weighted by Gasteiger charge is 2.39. The fraction of sp³-hybridized carbons (Fsp3) is 0.429. The van der Waals surface area contributed by atoms with E-state index in [2.05, 4.69) is 31.1 Å². The van der Waals surface area contributed by atoms with Crippen molar-refractivity contribution in [3.05, 3.63) is 64.6 Å². The Balaban J connectivity index is 0.848. The zero-order valence-electron chi connectivity index (χ0n) is 28.7. The number of anilines is 1. The first-order chi connectivity index (χ1) is 25.1. The van der Waals surface area contributed by atoms with Crippen molar-refractivity contribution < 1.29 is 23.6 Å². The van der Waals surface area contributed by atoms with Crippen molar-refractivity contribution >= 4 is 46.0 Å². The Labute approximate surface area is 296 Å². The third kappa shape index (κ3) is 5.98. The quantitative estimate of drug-likeness (QED) is 0.136. The van der Waals surface area contributed by atoms with Gasteiger partial charge in [-0.1, -0.05) is 6.07 Å². The van der Waals surface area contributed by atoms with Gasteiger partial charge < -0.3 is 15.5 Å². The summed E-state index contributed by atoms with van der Waals surface area (Å²) in [5.74, 6) is -1.14. The fourth-order valence-corrected chi connectivity index (χ4v) is 7.06. The van der Waals surface area contributed by atoms with Crippen molar-refractivity contribution in [2.75, 3.05) is 25.5 Å². The molecule has 4 amide bonds. The lowest BCUT2D eigenvalue weighted by atomic mass is 10.0. The summed E-state index contributed by atoms with van der Waals surface area (Å²) in [5, 5.41) is 17.3. The molecular formula is C35H38FN11O5. The van der Waals surface area contributed by atoms with Crippen LogP contribution in [0.5, 0.6) is 0 Å². The maximum atomic E-state index is 13.4. The van der Waals surface area contributed by atoms with E-state index < -0.39 is 30.1 Å². The van der Waals surface area contributed by atoms with Gasteiger partial charge in [0.2, 0.25) is 17.7 Å². The van der Waals surface area contributed by atoms with Crippen molar-refractivity contribution in [1.29, 1.82) is 0 Å². The maximum absolute atomic E-state index is 13.4. The standard InChI is InChI=1S/C35H38FN11O5/c1-37-25-13-23(42-47-29(15-38-32(25)47)34(51)40-24-12-22(24)36)20-14-39-45(16-20)21-17-44(18-21)31(49)6-4-3-5-19-7-8-26-28(11-19)43(2)35(52)46(26)27-9-10-30(48)41-33(27)50/h7-8,11,13-16,21-22,24,27,37H,3-6,9-10,12,17-18H2,1-2H3,(H,40,51)(H,41,48,50)/t22-,24+,27?/m0/s1. The number of imidazole rings is 2. The van der Waals surface area contributed by atoms with Crippen molar-refractivity contribution in [3.63, 3.8) is 0 Å². The summed E-state index contributed by atoms with van der Waals surface area (Å²) < 4.78 is 19.7. The van der Waals surface area contributed by atoms with Crippen LogP contribution in [0.1, 0.15) is 66.7 Å². The number of unbranched alkanes of at least 4 members (excludes halogenated alkanes) is 1. The summed E-state index contributed by atoms with van der Waals surface area (Å²) in [6.07, 6.45) is 7.43. The van der Waals surface area contributed by atoms with Crippen LogP contribution in [-0.4, -0.2) is 94.4 Å². The lowest BCUT2D eigenvalue weighted by Crippen LogP contribution is -2.50. The predicted molar refractivity (Wildman–Crippen MR) is 186 cm³/mol. The van der Waals surface area contributed by atoms with Crippen molar-refractivity contribution in [1.82, 2.24) is 49.0 Å². The number of rotatable bonds is 11. The highest BCUT2D eigenvalue weighted by Crippen LogP contribution is 2.29. The number of amides is 4. The molecule has 270 valence electrons. The summed E-state index contributed by atoms with van der Waals surface area (Å²) in [6, 6.07) is 6.40. The molecule has 8 rings (SSSR count). The number of piperidine rings is 1. The Hall–Kier alpha value is -5.87. The van der Waals surface area contributed by atoms with Gasteiger partial charge in [0.15, 0.2) is 11.3 Å². The summed E-state index contributed by atoms with van der Waals surface area (Å²) in [4.78, 5) is 69.1. The third-order valence-corrected chi connectivity index (χ3v) is 10.3. The van der Waals surface area contributed by atoms with Gasteiger partial charge in [0.05, 0.1) is 46.9 Å². The first kappa shape index (κ1) is 33.3. The Morgan fingerprint density at radius 3 is 2.63 bits per heavy atom. The van der Waals surface area contributed by atoms with Crippen LogP contribution in [0.2, 0.25) is 0 Å². The average Bonchev–Trinajstić information content (AvgIpc) is 3.44. The number of nitrogens with one attached hydrogen (secondary N) is 3. The van der Waals surface area contributed by atoms with Gasteiger partial charge in [-0.25, -0.2) is 18.7 Å². The lowest BCUT2D eigenvalue weighted by Gasteiger charge is -2.39. The number of halogens is 1. The van der Waals surface area contributed by atoms with E-state index in [-0.39, 0.29) is 42.1 Å². The van der Waals surface area contributed by atoms with Gasteiger partial charge in [-0.05, 0) is 49.4 Å². The monoisotopic (exact) mass is 711 g/mol. The van der Waals surface area contributed by atoms with Gasteiger partial charge in [0.25, 0.3) is 5.91 Å². The van der Waals surface area contributed by atoms with Crippen molar-refractivity contribution in [2.24, 2.45) is 7.05 Å². The highest BCUT2D eigenvalue weighted by molar-refractivity contribution is 6.00. The predicted octanol–water partition coefficient (Wildman–Crippen LogP) is 1.90. The summed E-state index contributed by atoms with van der Waals surface area (Å²) >= 11 is 0. The Morgan fingerprint density at radius 1 is 1.08 bits per heavy atom. The number of imide groups is 1. The number of carbonyl (C=O) groups excluding carboxylic acids is 4. The molecular weight excluding hydrogens is 673 g/mol. The van der Waals surface area contributed by atoms with Crippen LogP contribution >= 0.6 is 0 Å². The molecule has 1 aliphatic carbocycles. The maximum Gasteiger partial charge on any atom is 0.329 e. The number of hydrogen-bond acceptors (Lipinski definition) is 9. The Morgan fingerprint density at radius 2 is 1.88 bits per heavy atom. The molecule has 3 N–H and O–H groups in total. The van der Waals surface area contributed by atoms with E-state index in [4.69, 9.17) is 0 Å². The number of benzene rings is 1. The van der Waals surface area contributed by atoms with Crippen LogP contribution in [0.4, 0.5) is 10.1 Å². The minimum atomic E-state index is -1.02. The van der Waals surface area contributed by atoms with Crippen LogP contribution in [0.3, 0.4) is 0 Å². The molecule has 1 saturated carbocycles. The molecule has 0 radical (unpaired) electrons. The molecule has 3 aliphatic rings. The zero-order valence-corrected chi connectivity index (χ0v) is 28.7. The van der Waals surface area contributed by atoms with E-state index >= 15 is 0 Å². The van der Waals surface area contributed by atoms with Crippen molar-refractivity contribution in [3.8, 4) is 11.3 Å². The van der Waals surface area contributed by atoms with Gasteiger partial charge in [-0.3, -0.25) is 38.3 Å². The summed E-state index contributed by atoms with van der Waals surface area (Å²) in [7, 11) is 3.43. The number of carbonyl (C=O) groups is 4. The largest absolute Gasteiger partial charge is 0.385 e. The minimum absolute atomic E-state index is 0.0258. The number of aromatic nitrogens is 7. The molecule has 0 spiro atoms. The van der Waals surface area contributed by atoms with E-state index in [0.29, 0.717) is 54.9 Å². The second kappa shape index (κ2) is 13.0. The summed E-state index contributed by atoms with van der Waals surface area (Å²) in [5.41, 5.74) is 4.76. The van der Waals surface area contributed by atoms with Crippen LogP contribution in [0.25, 0.3) is 27.9 Å². The van der Waals surface area contributed by atoms with Crippen LogP contribution in [0, 0.1) is 0 Å². The van der Waals surface area contributed by atoms with Gasteiger partial charge >= 0.3 is 5.69 Å². The number of alkyl halides is 1. The Kier molecular flexibility index (Phi) is 8.34. The molecule has 2 saturated heterocycles. The molecule has 2 aliphatic heterocycles. The molecule has 17 heteroatoms. The number of nitrogens with zero attached hydrogens (tertiary/aromatic N) is 8. The highest BCUT2D eigenvalue weighted by atomic mass is 19.1. The SMILES string of the molecule is CNc1cc(-c2cnn(C3CN(C(=O)CCCCc4ccc5c(c4)n(C)c(=O)n5C4CCC(=O)NC4=O)C3)c2)nn2c(C(=O)N[C@@H]3C[C@@H]3F)cnc12. The summed E-state index contributed by atoms with van der Waals surface area (Å²) in [6.45, 7) is 1.09. The van der Waals surface area contributed by atoms with Gasteiger partial charge in [-0.2, -0.15) is 10.2 Å². The van der Waals surface area contributed by atoms with E-state index in [1.54, 1.807) is 20.3 Å². The lowest BCUT2D eigenvalue weighted by molar-refractivity contribution is -0.137. The topological polar surface area (TPSA) is 183 Å². The van der Waals surface area contributed by atoms with Gasteiger partial charge in [0, 0.05) is 58.2 Å². The molecule has 3 fully saturated rings. The fourth-order valence-electron chi connectivity index (χ4n) is 7.06. The molecule has 0 bridgehead atoms. The smallest absolute Gasteiger partial charge is 0.329 e. The average molecular weight is 712 g/mol. The van der Waals surface area contributed by atoms with E-state index in [1.807, 2.05) is 40.0 Å².